The van der Waals surface area contributed by atoms with Gasteiger partial charge in [0.15, 0.2) is 0 Å². The maximum absolute atomic E-state index is 11.4. The topological polar surface area (TPSA) is 29.5 Å². The van der Waals surface area contributed by atoms with E-state index in [1.54, 1.807) is 0 Å². The summed E-state index contributed by atoms with van der Waals surface area (Å²) in [5, 5.41) is 0. The molecule has 0 aromatic carbocycles. The predicted octanol–water partition coefficient (Wildman–Crippen LogP) is 0.769. The van der Waals surface area contributed by atoms with Gasteiger partial charge in [0.05, 0.1) is 12.0 Å². The molecular formula is C9H13NO2. The lowest BCUT2D eigenvalue weighted by atomic mass is 9.85. The molecule has 2 aliphatic heterocycles. The molecule has 0 aliphatic carbocycles. The number of nitrogens with zero attached hydrogens (tertiary/aromatic N) is 1. The number of ether oxygens (including phenoxy) is 1. The van der Waals surface area contributed by atoms with Crippen LogP contribution < -0.4 is 0 Å². The zero-order valence-electron chi connectivity index (χ0n) is 7.30. The van der Waals surface area contributed by atoms with Crippen molar-refractivity contribution in [1.29, 1.82) is 0 Å². The quantitative estimate of drug-likeness (QED) is 0.499. The minimum Gasteiger partial charge on any atom is -0.465 e. The normalized spacial score (nSPS) is 34.9. The van der Waals surface area contributed by atoms with E-state index in [0.717, 1.165) is 25.1 Å². The van der Waals surface area contributed by atoms with Gasteiger partial charge >= 0.3 is 5.97 Å². The first-order chi connectivity index (χ1) is 5.64. The van der Waals surface area contributed by atoms with E-state index < -0.39 is 0 Å². The van der Waals surface area contributed by atoms with E-state index in [2.05, 4.69) is 6.58 Å². The Morgan fingerprint density at radius 2 is 2.42 bits per heavy atom. The van der Waals surface area contributed by atoms with Gasteiger partial charge in [0, 0.05) is 25.7 Å². The SMILES string of the molecule is C=C1CC2(CCOC2=O)CN1C. The number of hydrogen-bond donors (Lipinski definition) is 0. The number of carbonyl (C=O) groups excluding carboxylic acids is 1. The molecular weight excluding hydrogens is 154 g/mol. The van der Waals surface area contributed by atoms with Crippen molar-refractivity contribution in [3.63, 3.8) is 0 Å². The molecule has 2 saturated heterocycles. The molecule has 1 spiro atoms. The zero-order valence-corrected chi connectivity index (χ0v) is 7.30. The van der Waals surface area contributed by atoms with Gasteiger partial charge < -0.3 is 9.64 Å². The Kier molecular flexibility index (Phi) is 1.43. The second-order valence-corrected chi connectivity index (χ2v) is 3.77. The lowest BCUT2D eigenvalue weighted by molar-refractivity contribution is -0.145. The van der Waals surface area contributed by atoms with Crippen LogP contribution in [0.5, 0.6) is 0 Å². The molecule has 0 N–H and O–H groups in total. The molecule has 66 valence electrons. The molecule has 3 heteroatoms. The van der Waals surface area contributed by atoms with E-state index in [4.69, 9.17) is 4.74 Å². The van der Waals surface area contributed by atoms with Crippen molar-refractivity contribution in [2.45, 2.75) is 12.8 Å². The monoisotopic (exact) mass is 167 g/mol. The highest BCUT2D eigenvalue weighted by atomic mass is 16.5. The lowest BCUT2D eigenvalue weighted by Crippen LogP contribution is -2.29. The van der Waals surface area contributed by atoms with Gasteiger partial charge in [-0.3, -0.25) is 4.79 Å². The molecule has 2 rings (SSSR count). The molecule has 1 unspecified atom stereocenters. The van der Waals surface area contributed by atoms with Gasteiger partial charge in [-0.2, -0.15) is 0 Å². The molecule has 2 aliphatic rings. The number of allylic oxidation sites excluding steroid dienone is 1. The Morgan fingerprint density at radius 3 is 2.83 bits per heavy atom. The maximum atomic E-state index is 11.4. The predicted molar refractivity (Wildman–Crippen MR) is 44.4 cm³/mol. The van der Waals surface area contributed by atoms with Crippen molar-refractivity contribution in [2.75, 3.05) is 20.2 Å². The van der Waals surface area contributed by atoms with Gasteiger partial charge in [-0.15, -0.1) is 0 Å². The molecule has 0 saturated carbocycles. The fourth-order valence-corrected chi connectivity index (χ4v) is 2.05. The zero-order chi connectivity index (χ0) is 8.77. The minimum absolute atomic E-state index is 0.0343. The van der Waals surface area contributed by atoms with E-state index in [-0.39, 0.29) is 11.4 Å². The van der Waals surface area contributed by atoms with Crippen LogP contribution in [0.3, 0.4) is 0 Å². The number of rotatable bonds is 0. The van der Waals surface area contributed by atoms with Gasteiger partial charge in [0.2, 0.25) is 0 Å². The van der Waals surface area contributed by atoms with Crippen molar-refractivity contribution in [1.82, 2.24) is 4.90 Å². The highest BCUT2D eigenvalue weighted by Crippen LogP contribution is 2.42. The number of likely N-dealkylation sites (tertiary alicyclic amines) is 1. The highest BCUT2D eigenvalue weighted by Gasteiger charge is 2.49. The van der Waals surface area contributed by atoms with Crippen LogP contribution in [-0.2, 0) is 9.53 Å². The first-order valence-electron chi connectivity index (χ1n) is 4.20. The standard InChI is InChI=1S/C9H13NO2/c1-7-5-9(6-10(7)2)3-4-12-8(9)11/h1,3-6H2,2H3. The summed E-state index contributed by atoms with van der Waals surface area (Å²) in [6.45, 7) is 5.27. The average molecular weight is 167 g/mol. The van der Waals surface area contributed by atoms with E-state index in [9.17, 15) is 4.79 Å². The Morgan fingerprint density at radius 1 is 1.67 bits per heavy atom. The summed E-state index contributed by atoms with van der Waals surface area (Å²) >= 11 is 0. The Bertz CT molecular complexity index is 249. The average Bonchev–Trinajstić information content (AvgIpc) is 2.45. The Balaban J connectivity index is 2.24. The van der Waals surface area contributed by atoms with E-state index in [1.807, 2.05) is 11.9 Å². The van der Waals surface area contributed by atoms with Crippen LogP contribution in [-0.4, -0.2) is 31.1 Å². The summed E-state index contributed by atoms with van der Waals surface area (Å²) in [7, 11) is 1.97. The molecule has 0 amide bonds. The minimum atomic E-state index is -0.244. The number of esters is 1. The Labute approximate surface area is 72.0 Å². The molecule has 0 aromatic heterocycles. The fourth-order valence-electron chi connectivity index (χ4n) is 2.05. The summed E-state index contributed by atoms with van der Waals surface area (Å²) in [6.07, 6.45) is 1.64. The van der Waals surface area contributed by atoms with Gasteiger partial charge in [-0.1, -0.05) is 6.58 Å². The van der Waals surface area contributed by atoms with Crippen LogP contribution >= 0.6 is 0 Å². The molecule has 12 heavy (non-hydrogen) atoms. The van der Waals surface area contributed by atoms with Gasteiger partial charge in [-0.25, -0.2) is 0 Å². The third-order valence-corrected chi connectivity index (χ3v) is 2.87. The molecule has 0 radical (unpaired) electrons. The van der Waals surface area contributed by atoms with Crippen LogP contribution in [0, 0.1) is 5.41 Å². The Hall–Kier alpha value is -0.990. The summed E-state index contributed by atoms with van der Waals surface area (Å²) in [5.41, 5.74) is 0.806. The molecule has 3 nitrogen and oxygen atoms in total. The molecule has 0 bridgehead atoms. The second kappa shape index (κ2) is 2.25. The van der Waals surface area contributed by atoms with E-state index in [0.29, 0.717) is 6.61 Å². The van der Waals surface area contributed by atoms with E-state index >= 15 is 0 Å². The summed E-state index contributed by atoms with van der Waals surface area (Å²) < 4.78 is 4.98. The molecule has 2 heterocycles. The summed E-state index contributed by atoms with van der Waals surface area (Å²) in [4.78, 5) is 13.4. The van der Waals surface area contributed by atoms with Crippen molar-refractivity contribution < 1.29 is 9.53 Å². The number of cyclic esters (lactones) is 1. The van der Waals surface area contributed by atoms with Gasteiger partial charge in [0.25, 0.3) is 0 Å². The van der Waals surface area contributed by atoms with Crippen LogP contribution in [0.25, 0.3) is 0 Å². The van der Waals surface area contributed by atoms with Gasteiger partial charge in [0.1, 0.15) is 0 Å². The molecule has 0 aromatic rings. The van der Waals surface area contributed by atoms with E-state index in [1.165, 1.54) is 0 Å². The fraction of sp³-hybridized carbons (Fsp3) is 0.667. The second-order valence-electron chi connectivity index (χ2n) is 3.77. The first-order valence-corrected chi connectivity index (χ1v) is 4.20. The third kappa shape index (κ3) is 0.854. The number of carbonyl (C=O) groups is 1. The smallest absolute Gasteiger partial charge is 0.314 e. The maximum Gasteiger partial charge on any atom is 0.314 e. The molecule has 1 atom stereocenters. The highest BCUT2D eigenvalue weighted by molar-refractivity contribution is 5.80. The van der Waals surface area contributed by atoms with Crippen molar-refractivity contribution in [2.24, 2.45) is 5.41 Å². The largest absolute Gasteiger partial charge is 0.465 e. The lowest BCUT2D eigenvalue weighted by Gasteiger charge is -2.16. The van der Waals surface area contributed by atoms with Crippen LogP contribution in [0.4, 0.5) is 0 Å². The van der Waals surface area contributed by atoms with Gasteiger partial charge in [-0.05, 0) is 6.42 Å². The number of hydrogen-bond acceptors (Lipinski definition) is 3. The summed E-state index contributed by atoms with van der Waals surface area (Å²) in [6, 6.07) is 0. The van der Waals surface area contributed by atoms with Crippen molar-refractivity contribution >= 4 is 5.97 Å². The van der Waals surface area contributed by atoms with Crippen molar-refractivity contribution in [3.05, 3.63) is 12.3 Å². The molecule has 2 fully saturated rings. The third-order valence-electron chi connectivity index (χ3n) is 2.87. The summed E-state index contributed by atoms with van der Waals surface area (Å²) in [5.74, 6) is -0.0343. The van der Waals surface area contributed by atoms with Crippen LogP contribution in [0.1, 0.15) is 12.8 Å². The van der Waals surface area contributed by atoms with Crippen molar-refractivity contribution in [3.8, 4) is 0 Å². The van der Waals surface area contributed by atoms with Crippen LogP contribution in [0.15, 0.2) is 12.3 Å². The van der Waals surface area contributed by atoms with Crippen LogP contribution in [0.2, 0.25) is 0 Å². The first kappa shape index (κ1) is 7.65.